The second-order valence-corrected chi connectivity index (χ2v) is 7.24. The highest BCUT2D eigenvalue weighted by molar-refractivity contribution is 6.23. The molecule has 29 heavy (non-hydrogen) atoms. The molecule has 0 saturated carbocycles. The van der Waals surface area contributed by atoms with Crippen LogP contribution in [-0.4, -0.2) is 37.3 Å². The highest BCUT2D eigenvalue weighted by Gasteiger charge is 2.45. The Balaban J connectivity index is 0.00000120. The maximum Gasteiger partial charge on any atom is 0.408 e. The Morgan fingerprint density at radius 2 is 1.31 bits per heavy atom. The first kappa shape index (κ1) is 21.9. The van der Waals surface area contributed by atoms with E-state index in [2.05, 4.69) is 5.32 Å². The number of hydrogen-bond acceptors (Lipinski definition) is 2. The van der Waals surface area contributed by atoms with Crippen LogP contribution in [0.2, 0.25) is 0 Å². The first-order valence-corrected chi connectivity index (χ1v) is 9.22. The van der Waals surface area contributed by atoms with Crippen molar-refractivity contribution >= 4 is 57.1 Å². The van der Waals surface area contributed by atoms with Gasteiger partial charge in [-0.1, -0.05) is 54.6 Å². The topological polar surface area (TPSA) is 15.3 Å². The third-order valence-corrected chi connectivity index (χ3v) is 5.68. The molecule has 0 aromatic heterocycles. The van der Waals surface area contributed by atoms with Crippen molar-refractivity contribution in [3.63, 3.8) is 0 Å². The van der Waals surface area contributed by atoms with Crippen molar-refractivity contribution in [2.75, 3.05) is 26.2 Å². The van der Waals surface area contributed by atoms with Gasteiger partial charge in [0, 0.05) is 26.2 Å². The predicted octanol–water partition coefficient (Wildman–Crippen LogP) is 5.94. The van der Waals surface area contributed by atoms with Gasteiger partial charge in [-0.05, 0) is 37.9 Å². The number of benzene rings is 4. The molecule has 0 aliphatic carbocycles. The van der Waals surface area contributed by atoms with Crippen molar-refractivity contribution in [3.8, 4) is 0 Å². The Bertz CT molecular complexity index is 1110. The van der Waals surface area contributed by atoms with Gasteiger partial charge in [0.15, 0.2) is 0 Å². The molecule has 4 aromatic rings. The summed E-state index contributed by atoms with van der Waals surface area (Å²) in [7, 11) is 0. The Kier molecular flexibility index (Phi) is 6.16. The van der Waals surface area contributed by atoms with E-state index in [1.807, 2.05) is 48.5 Å². The molecule has 7 heteroatoms. The van der Waals surface area contributed by atoms with E-state index in [0.29, 0.717) is 37.1 Å². The fourth-order valence-corrected chi connectivity index (χ4v) is 4.52. The Hall–Kier alpha value is -1.79. The SMILES string of the molecule is Cl.Cl.FC(F)(F)[C@@H](c1ccc2ccc3cccc4ccc1c2c34)N1CCNCC1. The summed E-state index contributed by atoms with van der Waals surface area (Å²) in [5, 5.41) is 8.95. The average Bonchev–Trinajstić information content (AvgIpc) is 2.67. The molecule has 0 radical (unpaired) electrons. The smallest absolute Gasteiger partial charge is 0.314 e. The highest BCUT2D eigenvalue weighted by atomic mass is 35.5. The fourth-order valence-electron chi connectivity index (χ4n) is 4.52. The molecule has 1 aliphatic rings. The van der Waals surface area contributed by atoms with Gasteiger partial charge in [0.1, 0.15) is 6.04 Å². The summed E-state index contributed by atoms with van der Waals surface area (Å²) in [5.74, 6) is 0. The number of piperazine rings is 1. The summed E-state index contributed by atoms with van der Waals surface area (Å²) in [6.45, 7) is 1.95. The molecule has 4 aromatic carbocycles. The third-order valence-electron chi connectivity index (χ3n) is 5.68. The van der Waals surface area contributed by atoms with Crippen LogP contribution in [0.4, 0.5) is 13.2 Å². The molecule has 1 fully saturated rings. The number of hydrogen-bond donors (Lipinski definition) is 1. The molecule has 0 bridgehead atoms. The van der Waals surface area contributed by atoms with E-state index in [9.17, 15) is 13.2 Å². The summed E-state index contributed by atoms with van der Waals surface area (Å²) >= 11 is 0. The van der Waals surface area contributed by atoms with E-state index in [0.717, 1.165) is 26.9 Å². The summed E-state index contributed by atoms with van der Waals surface area (Å²) in [4.78, 5) is 1.56. The number of rotatable bonds is 2. The third kappa shape index (κ3) is 3.61. The van der Waals surface area contributed by atoms with Crippen molar-refractivity contribution < 1.29 is 13.2 Å². The standard InChI is InChI=1S/C22H19F3N2.2ClH/c23-22(24,25)21(27-12-10-26-11-13-27)18-9-7-16-5-4-14-2-1-3-15-6-8-17(18)20(16)19(14)15;;/h1-9,21,26H,10-13H2;2*1H/t21-;;/m1../s1. The zero-order valence-electron chi connectivity index (χ0n) is 15.5. The van der Waals surface area contributed by atoms with Gasteiger partial charge in [0.05, 0.1) is 0 Å². The van der Waals surface area contributed by atoms with Gasteiger partial charge in [0.25, 0.3) is 0 Å². The first-order chi connectivity index (χ1) is 13.0. The first-order valence-electron chi connectivity index (χ1n) is 9.22. The molecule has 2 nitrogen and oxygen atoms in total. The van der Waals surface area contributed by atoms with Crippen molar-refractivity contribution in [2.45, 2.75) is 12.2 Å². The van der Waals surface area contributed by atoms with Crippen molar-refractivity contribution in [2.24, 2.45) is 0 Å². The quantitative estimate of drug-likeness (QED) is 0.388. The molecular weight excluding hydrogens is 420 g/mol. The minimum Gasteiger partial charge on any atom is -0.314 e. The molecule has 1 heterocycles. The van der Waals surface area contributed by atoms with Crippen LogP contribution in [-0.2, 0) is 0 Å². The van der Waals surface area contributed by atoms with Crippen molar-refractivity contribution in [1.82, 2.24) is 10.2 Å². The van der Waals surface area contributed by atoms with E-state index < -0.39 is 12.2 Å². The molecule has 154 valence electrons. The average molecular weight is 441 g/mol. The Labute approximate surface area is 179 Å². The van der Waals surface area contributed by atoms with E-state index in [1.54, 1.807) is 11.0 Å². The van der Waals surface area contributed by atoms with Crippen LogP contribution in [0.15, 0.2) is 54.6 Å². The molecular formula is C22H21Cl2F3N2. The zero-order chi connectivity index (χ0) is 18.6. The van der Waals surface area contributed by atoms with Gasteiger partial charge in [-0.2, -0.15) is 13.2 Å². The molecule has 0 amide bonds. The van der Waals surface area contributed by atoms with Gasteiger partial charge in [-0.25, -0.2) is 0 Å². The van der Waals surface area contributed by atoms with Crippen LogP contribution in [0.25, 0.3) is 32.3 Å². The van der Waals surface area contributed by atoms with E-state index >= 15 is 0 Å². The summed E-state index contributed by atoms with van der Waals surface area (Å²) in [5.41, 5.74) is 0.357. The minimum atomic E-state index is -4.32. The van der Waals surface area contributed by atoms with E-state index in [4.69, 9.17) is 0 Å². The van der Waals surface area contributed by atoms with Gasteiger partial charge in [-0.15, -0.1) is 24.8 Å². The summed E-state index contributed by atoms with van der Waals surface area (Å²) < 4.78 is 42.4. The fraction of sp³-hybridized carbons (Fsp3) is 0.273. The molecule has 0 spiro atoms. The second-order valence-electron chi connectivity index (χ2n) is 7.24. The second kappa shape index (κ2) is 8.15. The van der Waals surface area contributed by atoms with E-state index in [1.165, 1.54) is 0 Å². The predicted molar refractivity (Wildman–Crippen MR) is 118 cm³/mol. The summed E-state index contributed by atoms with van der Waals surface area (Å²) in [6, 6.07) is 15.8. The van der Waals surface area contributed by atoms with Gasteiger partial charge in [0.2, 0.25) is 0 Å². The number of alkyl halides is 3. The monoisotopic (exact) mass is 440 g/mol. The Morgan fingerprint density at radius 3 is 1.93 bits per heavy atom. The lowest BCUT2D eigenvalue weighted by Gasteiger charge is -2.36. The van der Waals surface area contributed by atoms with Crippen LogP contribution in [0, 0.1) is 0 Å². The lowest BCUT2D eigenvalue weighted by atomic mass is 9.89. The minimum absolute atomic E-state index is 0. The number of nitrogens with one attached hydrogen (secondary N) is 1. The van der Waals surface area contributed by atoms with Gasteiger partial charge < -0.3 is 5.32 Å². The van der Waals surface area contributed by atoms with Gasteiger partial charge in [-0.3, -0.25) is 4.90 Å². The largest absolute Gasteiger partial charge is 0.408 e. The maximum absolute atomic E-state index is 14.1. The van der Waals surface area contributed by atoms with Crippen LogP contribution in [0.5, 0.6) is 0 Å². The van der Waals surface area contributed by atoms with E-state index in [-0.39, 0.29) is 24.8 Å². The number of nitrogens with zero attached hydrogens (tertiary/aromatic N) is 1. The molecule has 1 N–H and O–H groups in total. The highest BCUT2D eigenvalue weighted by Crippen LogP contribution is 2.44. The summed E-state index contributed by atoms with van der Waals surface area (Å²) in [6.07, 6.45) is -4.32. The molecule has 1 atom stereocenters. The molecule has 1 aliphatic heterocycles. The van der Waals surface area contributed by atoms with Crippen LogP contribution < -0.4 is 5.32 Å². The van der Waals surface area contributed by atoms with Crippen LogP contribution in [0.3, 0.4) is 0 Å². The van der Waals surface area contributed by atoms with Crippen LogP contribution >= 0.6 is 24.8 Å². The Morgan fingerprint density at radius 1 is 0.759 bits per heavy atom. The lowest BCUT2D eigenvalue weighted by Crippen LogP contribution is -2.49. The number of halogens is 5. The normalized spacial score (nSPS) is 16.7. The molecule has 5 rings (SSSR count). The van der Waals surface area contributed by atoms with Crippen LogP contribution in [0.1, 0.15) is 11.6 Å². The maximum atomic E-state index is 14.1. The van der Waals surface area contributed by atoms with Gasteiger partial charge >= 0.3 is 6.18 Å². The molecule has 1 saturated heterocycles. The molecule has 0 unspecified atom stereocenters. The lowest BCUT2D eigenvalue weighted by molar-refractivity contribution is -0.187. The van der Waals surface area contributed by atoms with Crippen molar-refractivity contribution in [3.05, 3.63) is 60.2 Å². The zero-order valence-corrected chi connectivity index (χ0v) is 17.1. The van der Waals surface area contributed by atoms with Crippen molar-refractivity contribution in [1.29, 1.82) is 0 Å².